The Morgan fingerprint density at radius 2 is 1.83 bits per heavy atom. The van der Waals surface area contributed by atoms with Gasteiger partial charge < -0.3 is 4.74 Å². The van der Waals surface area contributed by atoms with E-state index in [9.17, 15) is 9.59 Å². The number of anilines is 1. The van der Waals surface area contributed by atoms with Crippen LogP contribution < -0.4 is 5.32 Å². The molecule has 0 bridgehead atoms. The van der Waals surface area contributed by atoms with Crippen LogP contribution in [0.3, 0.4) is 0 Å². The zero-order valence-corrected chi connectivity index (χ0v) is 11.2. The molecule has 0 atom stereocenters. The van der Waals surface area contributed by atoms with Gasteiger partial charge in [-0.15, -0.1) is 0 Å². The molecule has 0 saturated carbocycles. The van der Waals surface area contributed by atoms with E-state index in [0.717, 1.165) is 5.56 Å². The fraction of sp³-hybridized carbons (Fsp3) is 0.429. The van der Waals surface area contributed by atoms with E-state index in [-0.39, 0.29) is 5.78 Å². The third kappa shape index (κ3) is 4.99. The summed E-state index contributed by atoms with van der Waals surface area (Å²) in [7, 11) is 0. The van der Waals surface area contributed by atoms with Crippen molar-refractivity contribution in [1.29, 1.82) is 0 Å². The zero-order chi connectivity index (χ0) is 13.8. The summed E-state index contributed by atoms with van der Waals surface area (Å²) in [6, 6.07) is 7.20. The smallest absolute Gasteiger partial charge is 0.412 e. The molecule has 1 N–H and O–H groups in total. The van der Waals surface area contributed by atoms with Gasteiger partial charge in [0.25, 0.3) is 0 Å². The summed E-state index contributed by atoms with van der Waals surface area (Å²) in [6.07, 6.45) is -0.218. The number of ketones is 1. The molecule has 0 fully saturated rings. The summed E-state index contributed by atoms with van der Waals surface area (Å²) in [6.45, 7) is 6.92. The molecule has 0 aliphatic rings. The topological polar surface area (TPSA) is 55.4 Å². The summed E-state index contributed by atoms with van der Waals surface area (Å²) in [4.78, 5) is 22.8. The lowest BCUT2D eigenvalue weighted by Crippen LogP contribution is -2.27. The monoisotopic (exact) mass is 249 g/mol. The molecule has 0 aliphatic carbocycles. The number of para-hydroxylation sites is 1. The van der Waals surface area contributed by atoms with E-state index in [4.69, 9.17) is 4.74 Å². The predicted octanol–water partition coefficient (Wildman–Crippen LogP) is 3.17. The van der Waals surface area contributed by atoms with Crippen LogP contribution in [0, 0.1) is 0 Å². The number of rotatable bonds is 3. The van der Waals surface area contributed by atoms with Crippen LogP contribution in [-0.4, -0.2) is 17.5 Å². The van der Waals surface area contributed by atoms with E-state index in [1.54, 1.807) is 32.9 Å². The van der Waals surface area contributed by atoms with Gasteiger partial charge in [0, 0.05) is 12.1 Å². The molecule has 0 aliphatic heterocycles. The lowest BCUT2D eigenvalue weighted by atomic mass is 10.1. The van der Waals surface area contributed by atoms with Crippen LogP contribution in [-0.2, 0) is 16.0 Å². The van der Waals surface area contributed by atoms with Crippen LogP contribution in [0.4, 0.5) is 10.5 Å². The zero-order valence-electron chi connectivity index (χ0n) is 11.2. The quantitative estimate of drug-likeness (QED) is 0.895. The highest BCUT2D eigenvalue weighted by Gasteiger charge is 2.17. The Hall–Kier alpha value is -1.84. The highest BCUT2D eigenvalue weighted by atomic mass is 16.6. The minimum atomic E-state index is -0.542. The lowest BCUT2D eigenvalue weighted by Gasteiger charge is -2.20. The second-order valence-electron chi connectivity index (χ2n) is 5.16. The maximum atomic E-state index is 11.6. The van der Waals surface area contributed by atoms with Crippen molar-refractivity contribution in [2.75, 3.05) is 5.32 Å². The molecule has 0 radical (unpaired) electrons. The molecule has 1 aromatic rings. The molecule has 98 valence electrons. The van der Waals surface area contributed by atoms with Gasteiger partial charge in [0.1, 0.15) is 11.4 Å². The van der Waals surface area contributed by atoms with Crippen LogP contribution in [0.5, 0.6) is 0 Å². The molecule has 0 aromatic heterocycles. The van der Waals surface area contributed by atoms with Crippen LogP contribution in [0.25, 0.3) is 0 Å². The Labute approximate surface area is 107 Å². The van der Waals surface area contributed by atoms with Crippen LogP contribution in [0.1, 0.15) is 33.3 Å². The number of carbonyl (C=O) groups is 2. The van der Waals surface area contributed by atoms with Crippen molar-refractivity contribution in [1.82, 2.24) is 0 Å². The fourth-order valence-corrected chi connectivity index (χ4v) is 1.48. The largest absolute Gasteiger partial charge is 0.444 e. The van der Waals surface area contributed by atoms with Gasteiger partial charge in [-0.05, 0) is 39.3 Å². The molecule has 4 nitrogen and oxygen atoms in total. The maximum absolute atomic E-state index is 11.6. The molecule has 4 heteroatoms. The first-order chi connectivity index (χ1) is 8.28. The van der Waals surface area contributed by atoms with E-state index in [2.05, 4.69) is 5.32 Å². The van der Waals surface area contributed by atoms with Crippen molar-refractivity contribution < 1.29 is 14.3 Å². The molecule has 1 rings (SSSR count). The van der Waals surface area contributed by atoms with Gasteiger partial charge in [0.05, 0.1) is 0 Å². The average Bonchev–Trinajstić information content (AvgIpc) is 2.17. The molecule has 1 aromatic carbocycles. The van der Waals surface area contributed by atoms with Gasteiger partial charge in [0.2, 0.25) is 0 Å². The summed E-state index contributed by atoms with van der Waals surface area (Å²) in [5.41, 5.74) is 0.859. The Kier molecular flexibility index (Phi) is 4.48. The van der Waals surface area contributed by atoms with Crippen molar-refractivity contribution in [2.45, 2.75) is 39.7 Å². The Morgan fingerprint density at radius 1 is 1.22 bits per heavy atom. The predicted molar refractivity (Wildman–Crippen MR) is 70.7 cm³/mol. The first kappa shape index (κ1) is 14.2. The highest BCUT2D eigenvalue weighted by molar-refractivity contribution is 5.88. The maximum Gasteiger partial charge on any atom is 0.412 e. The molecule has 0 heterocycles. The Balaban J connectivity index is 2.78. The lowest BCUT2D eigenvalue weighted by molar-refractivity contribution is -0.116. The first-order valence-corrected chi connectivity index (χ1v) is 5.85. The number of nitrogens with one attached hydrogen (secondary N) is 1. The number of hydrogen-bond donors (Lipinski definition) is 1. The molecular weight excluding hydrogens is 230 g/mol. The van der Waals surface area contributed by atoms with Gasteiger partial charge in [-0.1, -0.05) is 18.2 Å². The van der Waals surface area contributed by atoms with Gasteiger partial charge in [-0.25, -0.2) is 4.79 Å². The molecule has 1 amide bonds. The number of ether oxygens (including phenoxy) is 1. The summed E-state index contributed by atoms with van der Waals surface area (Å²) in [5, 5.41) is 2.66. The number of Topliss-reactive ketones (excluding diaryl/α,β-unsaturated/α-hetero) is 1. The summed E-state index contributed by atoms with van der Waals surface area (Å²) < 4.78 is 5.17. The molecular formula is C14H19NO3. The SMILES string of the molecule is CC(=O)Cc1ccccc1NC(=O)OC(C)(C)C. The number of benzene rings is 1. The molecule has 0 saturated heterocycles. The van der Waals surface area contributed by atoms with E-state index in [0.29, 0.717) is 12.1 Å². The fourth-order valence-electron chi connectivity index (χ4n) is 1.48. The van der Waals surface area contributed by atoms with E-state index in [1.165, 1.54) is 6.92 Å². The van der Waals surface area contributed by atoms with Gasteiger partial charge >= 0.3 is 6.09 Å². The van der Waals surface area contributed by atoms with E-state index in [1.807, 2.05) is 12.1 Å². The third-order valence-corrected chi connectivity index (χ3v) is 2.09. The second kappa shape index (κ2) is 5.67. The highest BCUT2D eigenvalue weighted by Crippen LogP contribution is 2.17. The first-order valence-electron chi connectivity index (χ1n) is 5.85. The standard InChI is InChI=1S/C14H19NO3/c1-10(16)9-11-7-5-6-8-12(11)15-13(17)18-14(2,3)4/h5-8H,9H2,1-4H3,(H,15,17). The van der Waals surface area contributed by atoms with Crippen LogP contribution in [0.2, 0.25) is 0 Å². The third-order valence-electron chi connectivity index (χ3n) is 2.09. The van der Waals surface area contributed by atoms with Crippen LogP contribution in [0.15, 0.2) is 24.3 Å². The number of hydrogen-bond acceptors (Lipinski definition) is 3. The second-order valence-corrected chi connectivity index (χ2v) is 5.16. The molecule has 0 spiro atoms. The van der Waals surface area contributed by atoms with E-state index >= 15 is 0 Å². The van der Waals surface area contributed by atoms with Crippen molar-refractivity contribution in [3.8, 4) is 0 Å². The van der Waals surface area contributed by atoms with Crippen LogP contribution >= 0.6 is 0 Å². The summed E-state index contributed by atoms with van der Waals surface area (Å²) >= 11 is 0. The number of carbonyl (C=O) groups excluding carboxylic acids is 2. The number of amides is 1. The average molecular weight is 249 g/mol. The Bertz CT molecular complexity index is 447. The molecule has 0 unspecified atom stereocenters. The minimum absolute atomic E-state index is 0.0495. The normalized spacial score (nSPS) is 10.9. The van der Waals surface area contributed by atoms with Crippen molar-refractivity contribution in [3.63, 3.8) is 0 Å². The van der Waals surface area contributed by atoms with Gasteiger partial charge in [0.15, 0.2) is 0 Å². The van der Waals surface area contributed by atoms with Crippen molar-refractivity contribution in [3.05, 3.63) is 29.8 Å². The van der Waals surface area contributed by atoms with Gasteiger partial charge in [-0.2, -0.15) is 0 Å². The van der Waals surface area contributed by atoms with E-state index < -0.39 is 11.7 Å². The Morgan fingerprint density at radius 3 is 2.39 bits per heavy atom. The van der Waals surface area contributed by atoms with Crippen molar-refractivity contribution in [2.24, 2.45) is 0 Å². The van der Waals surface area contributed by atoms with Gasteiger partial charge in [-0.3, -0.25) is 10.1 Å². The summed E-state index contributed by atoms with van der Waals surface area (Å²) in [5.74, 6) is 0.0495. The van der Waals surface area contributed by atoms with Crippen molar-refractivity contribution >= 4 is 17.6 Å². The molecule has 18 heavy (non-hydrogen) atoms. The minimum Gasteiger partial charge on any atom is -0.444 e.